The number of nitrogen functional groups attached to an aromatic ring is 1. The van der Waals surface area contributed by atoms with Gasteiger partial charge in [-0.3, -0.25) is 4.79 Å². The Kier molecular flexibility index (Phi) is 14.9. The third-order valence-corrected chi connectivity index (χ3v) is 5.69. The van der Waals surface area contributed by atoms with Crippen molar-refractivity contribution in [3.8, 4) is 0 Å². The maximum Gasteiger partial charge on any atom is 0.193 e. The molecule has 1 aromatic carbocycles. The summed E-state index contributed by atoms with van der Waals surface area (Å²) in [6.45, 7) is 2.27. The van der Waals surface area contributed by atoms with E-state index in [4.69, 9.17) is 5.73 Å². The minimum atomic E-state index is 0.261. The maximum absolute atomic E-state index is 12.0. The summed E-state index contributed by atoms with van der Waals surface area (Å²) in [6, 6.07) is 7.52. The Bertz CT molecular complexity index is 510. The van der Waals surface area contributed by atoms with Gasteiger partial charge < -0.3 is 5.73 Å². The van der Waals surface area contributed by atoms with E-state index in [0.717, 1.165) is 23.4 Å². The first-order valence-corrected chi connectivity index (χ1v) is 11.7. The molecule has 0 aliphatic carbocycles. The van der Waals surface area contributed by atoms with Gasteiger partial charge in [-0.15, -0.1) is 0 Å². The minimum Gasteiger partial charge on any atom is -0.399 e. The zero-order chi connectivity index (χ0) is 19.6. The van der Waals surface area contributed by atoms with Crippen LogP contribution >= 0.6 is 11.8 Å². The lowest BCUT2D eigenvalue weighted by atomic mass is 10.1. The average molecular weight is 390 g/mol. The summed E-state index contributed by atoms with van der Waals surface area (Å²) in [5.74, 6) is 0. The standard InChI is InChI=1S/C24H39NOS/c1-2-3-4-5-6-7-8-9-10-11-12-13-14-15-16-17-24(26)27-23-20-18-22(25)19-21-23/h9-10,18-21H,2-8,11-17,25H2,1H3/b10-9-. The van der Waals surface area contributed by atoms with Crippen LogP contribution in [0.1, 0.15) is 96.8 Å². The fraction of sp³-hybridized carbons (Fsp3) is 0.625. The second kappa shape index (κ2) is 16.9. The van der Waals surface area contributed by atoms with E-state index in [-0.39, 0.29) is 5.12 Å². The van der Waals surface area contributed by atoms with Crippen molar-refractivity contribution in [1.29, 1.82) is 0 Å². The van der Waals surface area contributed by atoms with Crippen LogP contribution in [-0.4, -0.2) is 5.12 Å². The van der Waals surface area contributed by atoms with Crippen LogP contribution in [0.4, 0.5) is 5.69 Å². The van der Waals surface area contributed by atoms with E-state index < -0.39 is 0 Å². The van der Waals surface area contributed by atoms with Crippen LogP contribution in [0.2, 0.25) is 0 Å². The number of thioether (sulfide) groups is 1. The van der Waals surface area contributed by atoms with Crippen molar-refractivity contribution >= 4 is 22.6 Å². The molecule has 3 heteroatoms. The number of carbonyl (C=O) groups is 1. The van der Waals surface area contributed by atoms with Gasteiger partial charge in [0.05, 0.1) is 0 Å². The third-order valence-electron chi connectivity index (χ3n) is 4.75. The molecule has 0 unspecified atom stereocenters. The molecule has 0 aliphatic heterocycles. The summed E-state index contributed by atoms with van der Waals surface area (Å²) in [7, 11) is 0. The molecule has 0 atom stereocenters. The largest absolute Gasteiger partial charge is 0.399 e. The van der Waals surface area contributed by atoms with Crippen LogP contribution < -0.4 is 5.73 Å². The Morgan fingerprint density at radius 2 is 1.33 bits per heavy atom. The number of anilines is 1. The lowest BCUT2D eigenvalue weighted by Crippen LogP contribution is -1.92. The smallest absolute Gasteiger partial charge is 0.193 e. The van der Waals surface area contributed by atoms with Gasteiger partial charge in [-0.25, -0.2) is 0 Å². The van der Waals surface area contributed by atoms with Crippen molar-refractivity contribution in [2.24, 2.45) is 0 Å². The molecule has 2 N–H and O–H groups in total. The number of nitrogens with two attached hydrogens (primary N) is 1. The van der Waals surface area contributed by atoms with E-state index in [0.29, 0.717) is 6.42 Å². The molecule has 1 aromatic rings. The summed E-state index contributed by atoms with van der Waals surface area (Å²) in [4.78, 5) is 12.9. The van der Waals surface area contributed by atoms with Crippen molar-refractivity contribution in [3.05, 3.63) is 36.4 Å². The second-order valence-corrected chi connectivity index (χ2v) is 8.51. The maximum atomic E-state index is 12.0. The molecular weight excluding hydrogens is 350 g/mol. The average Bonchev–Trinajstić information content (AvgIpc) is 2.66. The summed E-state index contributed by atoms with van der Waals surface area (Å²) in [5, 5.41) is 0.261. The molecule has 0 spiro atoms. The molecule has 0 saturated heterocycles. The number of hydrogen-bond donors (Lipinski definition) is 1. The van der Waals surface area contributed by atoms with Gasteiger partial charge in [0, 0.05) is 17.0 Å². The van der Waals surface area contributed by atoms with Crippen molar-refractivity contribution < 1.29 is 4.79 Å². The minimum absolute atomic E-state index is 0.261. The molecule has 27 heavy (non-hydrogen) atoms. The molecular formula is C24H39NOS. The van der Waals surface area contributed by atoms with Crippen molar-refractivity contribution in [1.82, 2.24) is 0 Å². The summed E-state index contributed by atoms with van der Waals surface area (Å²) >= 11 is 1.34. The zero-order valence-corrected chi connectivity index (χ0v) is 18.1. The predicted octanol–water partition coefficient (Wildman–Crippen LogP) is 7.93. The van der Waals surface area contributed by atoms with E-state index >= 15 is 0 Å². The quantitative estimate of drug-likeness (QED) is 0.135. The van der Waals surface area contributed by atoms with Crippen molar-refractivity contribution in [3.63, 3.8) is 0 Å². The highest BCUT2D eigenvalue weighted by Crippen LogP contribution is 2.22. The van der Waals surface area contributed by atoms with Crippen LogP contribution in [0.3, 0.4) is 0 Å². The van der Waals surface area contributed by atoms with Gasteiger partial charge in [0.25, 0.3) is 0 Å². The highest BCUT2D eigenvalue weighted by molar-refractivity contribution is 8.13. The molecule has 0 heterocycles. The molecule has 0 amide bonds. The Morgan fingerprint density at radius 3 is 1.93 bits per heavy atom. The highest BCUT2D eigenvalue weighted by Gasteiger charge is 2.04. The lowest BCUT2D eigenvalue weighted by molar-refractivity contribution is -0.111. The SMILES string of the molecule is CCCCCCCC/C=C\CCCCCCCC(=O)Sc1ccc(N)cc1. The Balaban J connectivity index is 1.86. The number of carbonyl (C=O) groups excluding carboxylic acids is 1. The molecule has 0 bridgehead atoms. The van der Waals surface area contributed by atoms with E-state index in [1.807, 2.05) is 24.3 Å². The normalized spacial score (nSPS) is 11.3. The Labute approximate surface area is 171 Å². The Hall–Kier alpha value is -1.22. The number of allylic oxidation sites excluding steroid dienone is 2. The van der Waals surface area contributed by atoms with E-state index in [1.165, 1.54) is 82.4 Å². The van der Waals surface area contributed by atoms with Crippen molar-refractivity contribution in [2.75, 3.05) is 5.73 Å². The van der Waals surface area contributed by atoms with Gasteiger partial charge in [0.15, 0.2) is 5.12 Å². The lowest BCUT2D eigenvalue weighted by Gasteiger charge is -2.02. The van der Waals surface area contributed by atoms with Crippen LogP contribution in [0.5, 0.6) is 0 Å². The van der Waals surface area contributed by atoms with E-state index in [2.05, 4.69) is 19.1 Å². The molecule has 0 aliphatic rings. The van der Waals surface area contributed by atoms with Gasteiger partial charge in [-0.05, 0) is 56.4 Å². The van der Waals surface area contributed by atoms with Crippen LogP contribution in [-0.2, 0) is 4.79 Å². The Morgan fingerprint density at radius 1 is 0.815 bits per heavy atom. The van der Waals surface area contributed by atoms with Crippen LogP contribution in [0.25, 0.3) is 0 Å². The van der Waals surface area contributed by atoms with Crippen LogP contribution in [0.15, 0.2) is 41.3 Å². The molecule has 0 saturated carbocycles. The number of hydrogen-bond acceptors (Lipinski definition) is 3. The number of unbranched alkanes of at least 4 members (excludes halogenated alkanes) is 11. The first-order chi connectivity index (χ1) is 13.2. The summed E-state index contributed by atoms with van der Waals surface area (Å²) in [6.07, 6.45) is 22.1. The fourth-order valence-electron chi connectivity index (χ4n) is 3.06. The van der Waals surface area contributed by atoms with Crippen LogP contribution in [0, 0.1) is 0 Å². The predicted molar refractivity (Wildman–Crippen MR) is 121 cm³/mol. The van der Waals surface area contributed by atoms with Gasteiger partial charge in [-0.1, -0.05) is 82.2 Å². The monoisotopic (exact) mass is 389 g/mol. The number of benzene rings is 1. The molecule has 0 aromatic heterocycles. The van der Waals surface area contributed by atoms with Gasteiger partial charge in [-0.2, -0.15) is 0 Å². The fourth-order valence-corrected chi connectivity index (χ4v) is 3.84. The first-order valence-electron chi connectivity index (χ1n) is 10.9. The molecule has 0 radical (unpaired) electrons. The van der Waals surface area contributed by atoms with Gasteiger partial charge in [0.1, 0.15) is 0 Å². The van der Waals surface area contributed by atoms with E-state index in [9.17, 15) is 4.79 Å². The topological polar surface area (TPSA) is 43.1 Å². The van der Waals surface area contributed by atoms with E-state index in [1.54, 1.807) is 0 Å². The highest BCUT2D eigenvalue weighted by atomic mass is 32.2. The molecule has 152 valence electrons. The number of rotatable bonds is 16. The first kappa shape index (κ1) is 23.8. The summed E-state index contributed by atoms with van der Waals surface area (Å²) in [5.41, 5.74) is 6.40. The third kappa shape index (κ3) is 14.5. The zero-order valence-electron chi connectivity index (χ0n) is 17.3. The molecule has 2 nitrogen and oxygen atoms in total. The molecule has 1 rings (SSSR count). The van der Waals surface area contributed by atoms with Gasteiger partial charge in [0.2, 0.25) is 0 Å². The second-order valence-electron chi connectivity index (χ2n) is 7.38. The van der Waals surface area contributed by atoms with Gasteiger partial charge >= 0.3 is 0 Å². The summed E-state index contributed by atoms with van der Waals surface area (Å²) < 4.78 is 0. The molecule has 0 fully saturated rings. The van der Waals surface area contributed by atoms with Crippen molar-refractivity contribution in [2.45, 2.75) is 102 Å².